The topological polar surface area (TPSA) is 122 Å². The maximum Gasteiger partial charge on any atom is 0.246 e. The van der Waals surface area contributed by atoms with E-state index in [1.54, 1.807) is 0 Å². The molecule has 9 heteroatoms. The molecule has 360 valence electrons. The van der Waals surface area contributed by atoms with Gasteiger partial charge in [0.25, 0.3) is 0 Å². The molecule has 3 aliphatic rings. The van der Waals surface area contributed by atoms with Gasteiger partial charge in [0.2, 0.25) is 17.7 Å². The Labute approximate surface area is 408 Å². The van der Waals surface area contributed by atoms with Gasteiger partial charge in [0.15, 0.2) is 0 Å². The molecular weight excluding hydrogens is 859 g/mol. The van der Waals surface area contributed by atoms with Crippen molar-refractivity contribution >= 4 is 17.7 Å². The molecule has 69 heavy (non-hydrogen) atoms. The van der Waals surface area contributed by atoms with E-state index in [2.05, 4.69) is 72.8 Å². The van der Waals surface area contributed by atoms with Crippen molar-refractivity contribution in [3.63, 3.8) is 0 Å². The fraction of sp³-hybridized carbons (Fsp3) is 0.350. The number of carbonyl (C=O) groups excluding carboxylic acids is 3. The Hall–Kier alpha value is -6.39. The number of hydrogen-bond acceptors (Lipinski definition) is 6. The van der Waals surface area contributed by atoms with Crippen LogP contribution in [0.5, 0.6) is 0 Å². The Morgan fingerprint density at radius 2 is 0.725 bits per heavy atom. The summed E-state index contributed by atoms with van der Waals surface area (Å²) in [7, 11) is 0. The molecule has 0 spiro atoms. The van der Waals surface area contributed by atoms with Crippen LogP contribution in [0.15, 0.2) is 182 Å². The molecule has 0 radical (unpaired) electrons. The van der Waals surface area contributed by atoms with E-state index in [1.807, 2.05) is 109 Å². The molecule has 3 N–H and O–H groups in total. The fourth-order valence-corrected chi connectivity index (χ4v) is 10.4. The molecule has 3 amide bonds. The van der Waals surface area contributed by atoms with Crippen molar-refractivity contribution in [2.24, 2.45) is 17.8 Å². The molecule has 0 aliphatic carbocycles. The minimum atomic E-state index is -0.215. The number of carbonyl (C=O) groups is 3. The lowest BCUT2D eigenvalue weighted by Crippen LogP contribution is -2.40. The first-order chi connectivity index (χ1) is 33.7. The molecular formula is C60H69N3O6. The summed E-state index contributed by atoms with van der Waals surface area (Å²) in [5.74, 6) is 0.520. The lowest BCUT2D eigenvalue weighted by molar-refractivity contribution is -0.190. The summed E-state index contributed by atoms with van der Waals surface area (Å²) in [5.41, 5.74) is 7.08. The van der Waals surface area contributed by atoms with Crippen LogP contribution in [0, 0.1) is 17.8 Å². The number of hydroxylamine groups is 6. The number of aryl methyl sites for hydroxylation is 3. The van der Waals surface area contributed by atoms with E-state index in [1.165, 1.54) is 16.7 Å². The van der Waals surface area contributed by atoms with Crippen LogP contribution in [0.3, 0.4) is 0 Å². The molecule has 6 atom stereocenters. The summed E-state index contributed by atoms with van der Waals surface area (Å²) >= 11 is 0. The number of benzene rings is 6. The van der Waals surface area contributed by atoms with Crippen LogP contribution in [0.4, 0.5) is 0 Å². The van der Waals surface area contributed by atoms with Crippen LogP contribution < -0.4 is 0 Å². The number of amides is 3. The van der Waals surface area contributed by atoms with Crippen molar-refractivity contribution < 1.29 is 30.0 Å². The Morgan fingerprint density at radius 1 is 0.391 bits per heavy atom. The Kier molecular flexibility index (Phi) is 19.3. The molecule has 3 saturated heterocycles. The quantitative estimate of drug-likeness (QED) is 0.0882. The van der Waals surface area contributed by atoms with Crippen molar-refractivity contribution in [2.45, 2.75) is 114 Å². The van der Waals surface area contributed by atoms with Gasteiger partial charge in [-0.25, -0.2) is 15.2 Å². The molecule has 3 aliphatic heterocycles. The highest BCUT2D eigenvalue weighted by Crippen LogP contribution is 2.39. The second-order valence-electron chi connectivity index (χ2n) is 19.0. The zero-order chi connectivity index (χ0) is 48.2. The summed E-state index contributed by atoms with van der Waals surface area (Å²) in [6.07, 6.45) is 13.3. The minimum Gasteiger partial charge on any atom is -0.285 e. The van der Waals surface area contributed by atoms with Crippen LogP contribution in [-0.2, 0) is 33.6 Å². The van der Waals surface area contributed by atoms with Gasteiger partial charge in [-0.1, -0.05) is 182 Å². The second kappa shape index (κ2) is 26.4. The van der Waals surface area contributed by atoms with Crippen molar-refractivity contribution in [1.82, 2.24) is 15.2 Å². The van der Waals surface area contributed by atoms with E-state index < -0.39 is 0 Å². The van der Waals surface area contributed by atoms with Gasteiger partial charge < -0.3 is 0 Å². The summed E-state index contributed by atoms with van der Waals surface area (Å²) in [5, 5.41) is 33.3. The Balaban J connectivity index is 0.000000153. The Bertz CT molecular complexity index is 2310. The van der Waals surface area contributed by atoms with Crippen LogP contribution in [0.25, 0.3) is 0 Å². The summed E-state index contributed by atoms with van der Waals surface area (Å²) in [6, 6.07) is 60.2. The van der Waals surface area contributed by atoms with Gasteiger partial charge in [0, 0.05) is 19.3 Å². The number of hydrogen-bond donors (Lipinski definition) is 3. The van der Waals surface area contributed by atoms with Gasteiger partial charge in [-0.3, -0.25) is 30.0 Å². The first-order valence-electron chi connectivity index (χ1n) is 25.0. The van der Waals surface area contributed by atoms with E-state index in [-0.39, 0.29) is 35.8 Å². The number of nitrogens with zero attached hydrogens (tertiary/aromatic N) is 3. The second-order valence-corrected chi connectivity index (χ2v) is 19.0. The third-order valence-corrected chi connectivity index (χ3v) is 14.1. The molecule has 2 unspecified atom stereocenters. The van der Waals surface area contributed by atoms with E-state index >= 15 is 0 Å². The van der Waals surface area contributed by atoms with Crippen LogP contribution in [0.2, 0.25) is 0 Å². The maximum atomic E-state index is 12.1. The molecule has 0 aromatic heterocycles. The zero-order valence-corrected chi connectivity index (χ0v) is 39.8. The highest BCUT2D eigenvalue weighted by atomic mass is 16.5. The normalized spacial score (nSPS) is 21.4. The van der Waals surface area contributed by atoms with Gasteiger partial charge in [0.1, 0.15) is 0 Å². The van der Waals surface area contributed by atoms with E-state index in [4.69, 9.17) is 0 Å². The SMILES string of the molecule is O=C1CCC(CCCc2ccccc2)C(c2ccccc2)N1O.O=C1C[C@@H](CCCc2ccccc2)C[C@H](c2ccccc2)N1O.O=C1C[C@H](CCCc2ccccc2)C[C@H](c2ccccc2)N1O. The van der Waals surface area contributed by atoms with Crippen LogP contribution in [-0.4, -0.2) is 48.5 Å². The zero-order valence-electron chi connectivity index (χ0n) is 39.8. The van der Waals surface area contributed by atoms with Gasteiger partial charge in [-0.2, -0.15) is 0 Å². The summed E-state index contributed by atoms with van der Waals surface area (Å²) < 4.78 is 0. The molecule has 3 heterocycles. The van der Waals surface area contributed by atoms with Crippen LogP contribution in [0.1, 0.15) is 129 Å². The maximum absolute atomic E-state index is 12.1. The Morgan fingerprint density at radius 3 is 1.10 bits per heavy atom. The molecule has 6 aromatic rings. The first kappa shape index (κ1) is 50.5. The average Bonchev–Trinajstić information content (AvgIpc) is 3.39. The largest absolute Gasteiger partial charge is 0.285 e. The standard InChI is InChI=1S/3C20H23NO2/c2*22-20-15-17(11-7-10-16-8-3-1-4-9-16)14-19(21(20)23)18-12-5-2-6-13-18;22-19-15-14-18(13-7-10-16-8-3-1-4-9-16)20(21(19)23)17-11-5-2-6-12-17/h2*1-6,8-9,12-13,17,19,23H,7,10-11,14-15H2;1-6,8-9,11-12,18,20,23H,7,10,13-15H2/t17-,19+;17-,19-;/m01./s1. The van der Waals surface area contributed by atoms with Crippen molar-refractivity contribution in [2.75, 3.05) is 0 Å². The van der Waals surface area contributed by atoms with E-state index in [0.29, 0.717) is 37.0 Å². The van der Waals surface area contributed by atoms with Crippen LogP contribution >= 0.6 is 0 Å². The van der Waals surface area contributed by atoms with Gasteiger partial charge in [-0.05, 0) is 128 Å². The fourth-order valence-electron chi connectivity index (χ4n) is 10.4. The van der Waals surface area contributed by atoms with Gasteiger partial charge in [0.05, 0.1) is 18.1 Å². The smallest absolute Gasteiger partial charge is 0.246 e. The highest BCUT2D eigenvalue weighted by molar-refractivity contribution is 5.77. The molecule has 3 fully saturated rings. The summed E-state index contributed by atoms with van der Waals surface area (Å²) in [4.78, 5) is 36.1. The van der Waals surface area contributed by atoms with Gasteiger partial charge in [-0.15, -0.1) is 0 Å². The average molecular weight is 928 g/mol. The lowest BCUT2D eigenvalue weighted by Gasteiger charge is -2.37. The monoisotopic (exact) mass is 928 g/mol. The molecule has 9 rings (SSSR count). The minimum absolute atomic E-state index is 0.158. The van der Waals surface area contributed by atoms with Crippen molar-refractivity contribution in [1.29, 1.82) is 0 Å². The highest BCUT2D eigenvalue weighted by Gasteiger charge is 2.37. The van der Waals surface area contributed by atoms with E-state index in [0.717, 1.165) is 109 Å². The van der Waals surface area contributed by atoms with E-state index in [9.17, 15) is 30.0 Å². The molecule has 0 bridgehead atoms. The van der Waals surface area contributed by atoms with Gasteiger partial charge >= 0.3 is 0 Å². The molecule has 9 nitrogen and oxygen atoms in total. The predicted octanol–water partition coefficient (Wildman–Crippen LogP) is 13.1. The van der Waals surface area contributed by atoms with Crippen molar-refractivity contribution in [3.8, 4) is 0 Å². The third-order valence-electron chi connectivity index (χ3n) is 14.1. The lowest BCUT2D eigenvalue weighted by atomic mass is 9.82. The van der Waals surface area contributed by atoms with Crippen molar-refractivity contribution in [3.05, 3.63) is 215 Å². The molecule has 0 saturated carbocycles. The number of rotatable bonds is 15. The predicted molar refractivity (Wildman–Crippen MR) is 270 cm³/mol. The third kappa shape index (κ3) is 15.0. The molecule has 6 aromatic carbocycles. The summed E-state index contributed by atoms with van der Waals surface area (Å²) in [6.45, 7) is 0. The number of piperidine rings is 3. The first-order valence-corrected chi connectivity index (χ1v) is 25.0.